The maximum Gasteiger partial charge on any atom is 0.405 e. The summed E-state index contributed by atoms with van der Waals surface area (Å²) >= 11 is 3.27. The molecule has 7 heteroatoms. The van der Waals surface area contributed by atoms with Gasteiger partial charge in [-0.1, -0.05) is 28.1 Å². The van der Waals surface area contributed by atoms with Crippen LogP contribution in [0, 0.1) is 0 Å². The first-order valence-corrected chi connectivity index (χ1v) is 5.81. The van der Waals surface area contributed by atoms with E-state index >= 15 is 0 Å². The number of carboxylic acid groups (broad SMARTS) is 1. The van der Waals surface area contributed by atoms with Crippen LogP contribution in [0.15, 0.2) is 28.7 Å². The predicted octanol–water partition coefficient (Wildman–Crippen LogP) is 1.78. The monoisotopic (exact) mass is 316 g/mol. The number of halogens is 1. The van der Waals surface area contributed by atoms with Crippen molar-refractivity contribution < 1.29 is 19.5 Å². The third kappa shape index (κ3) is 3.71. The van der Waals surface area contributed by atoms with Crippen molar-refractivity contribution in [2.75, 3.05) is 14.2 Å². The van der Waals surface area contributed by atoms with Crippen LogP contribution in [0.2, 0.25) is 0 Å². The second-order valence-corrected chi connectivity index (χ2v) is 4.37. The Labute approximate surface area is 113 Å². The molecule has 0 aliphatic rings. The fourth-order valence-corrected chi connectivity index (χ4v) is 1.60. The van der Waals surface area contributed by atoms with E-state index in [0.717, 1.165) is 9.54 Å². The Bertz CT molecular complexity index is 435. The normalized spacial score (nSPS) is 11.7. The standard InChI is InChI=1S/C11H13BrN2O4/c1-14(18-2)10(15)9(13-11(16)17)7-3-5-8(12)6-4-7/h3-6,9,13H,1-2H3,(H,16,17). The molecule has 1 unspecified atom stereocenters. The number of carbonyl (C=O) groups is 2. The molecule has 0 saturated heterocycles. The van der Waals surface area contributed by atoms with E-state index in [0.29, 0.717) is 5.56 Å². The minimum Gasteiger partial charge on any atom is -0.465 e. The maximum absolute atomic E-state index is 12.0. The highest BCUT2D eigenvalue weighted by molar-refractivity contribution is 9.10. The minimum absolute atomic E-state index is 0.498. The summed E-state index contributed by atoms with van der Waals surface area (Å²) in [5.41, 5.74) is 0.537. The van der Waals surface area contributed by atoms with Crippen molar-refractivity contribution in [2.24, 2.45) is 0 Å². The number of likely N-dealkylation sites (N-methyl/N-ethyl adjacent to an activating group) is 1. The van der Waals surface area contributed by atoms with Crippen molar-refractivity contribution in [3.05, 3.63) is 34.3 Å². The number of nitrogens with one attached hydrogen (secondary N) is 1. The zero-order valence-corrected chi connectivity index (χ0v) is 11.5. The van der Waals surface area contributed by atoms with E-state index in [2.05, 4.69) is 21.2 Å². The molecule has 0 aromatic heterocycles. The van der Waals surface area contributed by atoms with Gasteiger partial charge in [-0.15, -0.1) is 0 Å². The molecule has 6 nitrogen and oxygen atoms in total. The van der Waals surface area contributed by atoms with E-state index in [1.54, 1.807) is 24.3 Å². The van der Waals surface area contributed by atoms with Crippen LogP contribution in [0.3, 0.4) is 0 Å². The Kier molecular flexibility index (Phi) is 5.11. The smallest absolute Gasteiger partial charge is 0.405 e. The van der Waals surface area contributed by atoms with Crippen LogP contribution in [-0.4, -0.2) is 36.3 Å². The van der Waals surface area contributed by atoms with Gasteiger partial charge in [-0.2, -0.15) is 0 Å². The molecule has 0 saturated carbocycles. The van der Waals surface area contributed by atoms with Crippen molar-refractivity contribution in [1.29, 1.82) is 0 Å². The summed E-state index contributed by atoms with van der Waals surface area (Å²) in [7, 11) is 2.75. The van der Waals surface area contributed by atoms with Crippen molar-refractivity contribution in [2.45, 2.75) is 6.04 Å². The lowest BCUT2D eigenvalue weighted by atomic mass is 10.1. The molecule has 2 N–H and O–H groups in total. The van der Waals surface area contributed by atoms with Crippen LogP contribution >= 0.6 is 15.9 Å². The number of rotatable bonds is 4. The molecule has 0 aliphatic carbocycles. The molecular weight excluding hydrogens is 304 g/mol. The molecule has 0 heterocycles. The minimum atomic E-state index is -1.28. The molecule has 1 aromatic rings. The zero-order chi connectivity index (χ0) is 13.7. The number of benzene rings is 1. The molecule has 1 atom stereocenters. The first kappa shape index (κ1) is 14.5. The van der Waals surface area contributed by atoms with Gasteiger partial charge in [0.1, 0.15) is 6.04 Å². The molecule has 1 rings (SSSR count). The van der Waals surface area contributed by atoms with E-state index in [1.807, 2.05) is 0 Å². The second-order valence-electron chi connectivity index (χ2n) is 3.45. The Morgan fingerprint density at radius 2 is 1.94 bits per heavy atom. The molecule has 2 amide bonds. The van der Waals surface area contributed by atoms with Gasteiger partial charge in [0.05, 0.1) is 7.11 Å². The Morgan fingerprint density at radius 3 is 2.39 bits per heavy atom. The Hall–Kier alpha value is -1.60. The molecule has 0 radical (unpaired) electrons. The summed E-state index contributed by atoms with van der Waals surface area (Å²) in [5, 5.41) is 11.9. The lowest BCUT2D eigenvalue weighted by Gasteiger charge is -2.21. The van der Waals surface area contributed by atoms with Crippen molar-refractivity contribution in [1.82, 2.24) is 10.4 Å². The van der Waals surface area contributed by atoms with E-state index in [-0.39, 0.29) is 0 Å². The lowest BCUT2D eigenvalue weighted by molar-refractivity contribution is -0.171. The van der Waals surface area contributed by atoms with Crippen LogP contribution in [0.25, 0.3) is 0 Å². The second kappa shape index (κ2) is 6.36. The van der Waals surface area contributed by atoms with Gasteiger partial charge >= 0.3 is 6.09 Å². The largest absolute Gasteiger partial charge is 0.465 e. The van der Waals surface area contributed by atoms with E-state index in [4.69, 9.17) is 9.94 Å². The summed E-state index contributed by atoms with van der Waals surface area (Å²) in [6.45, 7) is 0. The number of hydrogen-bond donors (Lipinski definition) is 2. The molecule has 18 heavy (non-hydrogen) atoms. The molecule has 0 spiro atoms. The van der Waals surface area contributed by atoms with Gasteiger partial charge in [0, 0.05) is 11.5 Å². The highest BCUT2D eigenvalue weighted by Gasteiger charge is 2.25. The van der Waals surface area contributed by atoms with Crippen LogP contribution in [0.5, 0.6) is 0 Å². The first-order chi connectivity index (χ1) is 8.45. The zero-order valence-electron chi connectivity index (χ0n) is 9.88. The average Bonchev–Trinajstić information content (AvgIpc) is 2.35. The summed E-state index contributed by atoms with van der Waals surface area (Å²) in [5.74, 6) is -0.498. The van der Waals surface area contributed by atoms with E-state index in [9.17, 15) is 9.59 Å². The summed E-state index contributed by atoms with van der Waals surface area (Å²) in [6, 6.07) is 5.77. The molecular formula is C11H13BrN2O4. The predicted molar refractivity (Wildman–Crippen MR) is 67.8 cm³/mol. The van der Waals surface area contributed by atoms with Gasteiger partial charge in [-0.25, -0.2) is 9.86 Å². The number of carbonyl (C=O) groups excluding carboxylic acids is 1. The number of hydrogen-bond acceptors (Lipinski definition) is 3. The highest BCUT2D eigenvalue weighted by atomic mass is 79.9. The number of nitrogens with zero attached hydrogens (tertiary/aromatic N) is 1. The fourth-order valence-electron chi connectivity index (χ4n) is 1.34. The van der Waals surface area contributed by atoms with Crippen LogP contribution < -0.4 is 5.32 Å². The molecule has 98 valence electrons. The van der Waals surface area contributed by atoms with Gasteiger partial charge < -0.3 is 10.4 Å². The van der Waals surface area contributed by atoms with Crippen LogP contribution in [-0.2, 0) is 9.63 Å². The maximum atomic E-state index is 12.0. The SMILES string of the molecule is CON(C)C(=O)C(NC(=O)O)c1ccc(Br)cc1. The van der Waals surface area contributed by atoms with Gasteiger partial charge in [-0.3, -0.25) is 9.63 Å². The third-order valence-corrected chi connectivity index (χ3v) is 2.83. The fraction of sp³-hybridized carbons (Fsp3) is 0.273. The number of hydroxylamine groups is 2. The first-order valence-electron chi connectivity index (χ1n) is 5.02. The molecule has 0 aliphatic heterocycles. The molecule has 1 aromatic carbocycles. The Morgan fingerprint density at radius 1 is 1.39 bits per heavy atom. The summed E-state index contributed by atoms with van der Waals surface area (Å²) in [4.78, 5) is 27.5. The van der Waals surface area contributed by atoms with Gasteiger partial charge in [0.15, 0.2) is 0 Å². The van der Waals surface area contributed by atoms with Gasteiger partial charge in [-0.05, 0) is 17.7 Å². The quantitative estimate of drug-likeness (QED) is 0.830. The number of amides is 2. The van der Waals surface area contributed by atoms with Gasteiger partial charge in [0.2, 0.25) is 0 Å². The van der Waals surface area contributed by atoms with Crippen molar-refractivity contribution >= 4 is 27.9 Å². The molecule has 0 fully saturated rings. The highest BCUT2D eigenvalue weighted by Crippen LogP contribution is 2.18. The van der Waals surface area contributed by atoms with Crippen LogP contribution in [0.4, 0.5) is 4.79 Å². The van der Waals surface area contributed by atoms with Crippen molar-refractivity contribution in [3.63, 3.8) is 0 Å². The van der Waals surface area contributed by atoms with Gasteiger partial charge in [0.25, 0.3) is 5.91 Å². The lowest BCUT2D eigenvalue weighted by Crippen LogP contribution is -2.40. The third-order valence-electron chi connectivity index (χ3n) is 2.30. The topological polar surface area (TPSA) is 78.9 Å². The summed E-state index contributed by atoms with van der Waals surface area (Å²) in [6.07, 6.45) is -1.28. The van der Waals surface area contributed by atoms with Crippen LogP contribution in [0.1, 0.15) is 11.6 Å². The van der Waals surface area contributed by atoms with Crippen molar-refractivity contribution in [3.8, 4) is 0 Å². The van der Waals surface area contributed by atoms with E-state index < -0.39 is 18.0 Å². The average molecular weight is 317 g/mol. The summed E-state index contributed by atoms with van der Waals surface area (Å²) < 4.78 is 0.841. The Balaban J connectivity index is 3.01. The molecule has 0 bridgehead atoms. The van der Waals surface area contributed by atoms with E-state index in [1.165, 1.54) is 14.2 Å².